The van der Waals surface area contributed by atoms with Crippen molar-refractivity contribution in [3.63, 3.8) is 0 Å². The van der Waals surface area contributed by atoms with Crippen molar-refractivity contribution < 1.29 is 0 Å². The SMILES string of the molecule is Cc1cccc2c3c(sc12)CC1CCCCC1C3. The van der Waals surface area contributed by atoms with Gasteiger partial charge in [0.1, 0.15) is 0 Å². The summed E-state index contributed by atoms with van der Waals surface area (Å²) in [5.41, 5.74) is 3.18. The topological polar surface area (TPSA) is 0 Å². The maximum absolute atomic E-state index is 2.35. The lowest BCUT2D eigenvalue weighted by Crippen LogP contribution is -2.27. The van der Waals surface area contributed by atoms with Crippen molar-refractivity contribution in [1.29, 1.82) is 0 Å². The molecule has 4 rings (SSSR count). The zero-order valence-corrected chi connectivity index (χ0v) is 11.9. The van der Waals surface area contributed by atoms with E-state index in [1.807, 2.05) is 0 Å². The maximum atomic E-state index is 2.35. The minimum atomic E-state index is 0.990. The van der Waals surface area contributed by atoms with Gasteiger partial charge in [0.2, 0.25) is 0 Å². The third-order valence-corrected chi connectivity index (χ3v) is 6.48. The summed E-state index contributed by atoms with van der Waals surface area (Å²) in [6.07, 6.45) is 8.64. The van der Waals surface area contributed by atoms with Crippen molar-refractivity contribution in [2.24, 2.45) is 11.8 Å². The first-order chi connectivity index (χ1) is 8.83. The van der Waals surface area contributed by atoms with Crippen molar-refractivity contribution >= 4 is 21.4 Å². The molecule has 1 heteroatoms. The quantitative estimate of drug-likeness (QED) is 0.614. The summed E-state index contributed by atoms with van der Waals surface area (Å²) in [5.74, 6) is 1.99. The molecule has 0 radical (unpaired) electrons. The molecule has 0 amide bonds. The first-order valence-corrected chi connectivity index (χ1v) is 8.14. The van der Waals surface area contributed by atoms with Crippen LogP contribution < -0.4 is 0 Å². The van der Waals surface area contributed by atoms with E-state index in [0.29, 0.717) is 0 Å². The molecule has 1 heterocycles. The largest absolute Gasteiger partial charge is 0.140 e. The molecule has 0 N–H and O–H groups in total. The highest BCUT2D eigenvalue weighted by atomic mass is 32.1. The standard InChI is InChI=1S/C17H20S/c1-11-5-4-8-14-15-9-12-6-2-3-7-13(12)10-16(15)18-17(11)14/h4-5,8,12-13H,2-3,6-7,9-10H2,1H3. The highest BCUT2D eigenvalue weighted by Gasteiger charge is 2.32. The summed E-state index contributed by atoms with van der Waals surface area (Å²) in [6.45, 7) is 2.26. The number of fused-ring (bicyclic) bond motifs is 4. The molecule has 2 aliphatic carbocycles. The van der Waals surface area contributed by atoms with E-state index in [4.69, 9.17) is 0 Å². The van der Waals surface area contributed by atoms with Gasteiger partial charge in [-0.2, -0.15) is 0 Å². The molecule has 0 spiro atoms. The molecule has 2 atom stereocenters. The number of aryl methyl sites for hydroxylation is 1. The molecule has 94 valence electrons. The number of benzene rings is 1. The van der Waals surface area contributed by atoms with Crippen LogP contribution >= 0.6 is 11.3 Å². The van der Waals surface area contributed by atoms with E-state index in [-0.39, 0.29) is 0 Å². The van der Waals surface area contributed by atoms with Crippen LogP contribution in [0.3, 0.4) is 0 Å². The average Bonchev–Trinajstić information content (AvgIpc) is 2.76. The number of thiophene rings is 1. The van der Waals surface area contributed by atoms with E-state index in [9.17, 15) is 0 Å². The fraction of sp³-hybridized carbons (Fsp3) is 0.529. The predicted octanol–water partition coefficient (Wildman–Crippen LogP) is 5.11. The van der Waals surface area contributed by atoms with Crippen molar-refractivity contribution in [2.75, 3.05) is 0 Å². The molecule has 18 heavy (non-hydrogen) atoms. The van der Waals surface area contributed by atoms with E-state index in [1.54, 1.807) is 20.5 Å². The summed E-state index contributed by atoms with van der Waals surface area (Å²) >= 11 is 2.08. The first-order valence-electron chi connectivity index (χ1n) is 7.33. The predicted molar refractivity (Wildman–Crippen MR) is 79.4 cm³/mol. The third kappa shape index (κ3) is 1.56. The highest BCUT2D eigenvalue weighted by molar-refractivity contribution is 7.19. The molecule has 1 saturated carbocycles. The van der Waals surface area contributed by atoms with Gasteiger partial charge in [-0.3, -0.25) is 0 Å². The summed E-state index contributed by atoms with van der Waals surface area (Å²) in [5, 5.41) is 1.57. The van der Waals surface area contributed by atoms with Crippen molar-refractivity contribution in [3.05, 3.63) is 34.2 Å². The molecule has 1 aromatic carbocycles. The van der Waals surface area contributed by atoms with Crippen LogP contribution in [0.4, 0.5) is 0 Å². The Balaban J connectivity index is 1.85. The van der Waals surface area contributed by atoms with Crippen molar-refractivity contribution in [3.8, 4) is 0 Å². The lowest BCUT2D eigenvalue weighted by atomic mass is 9.70. The van der Waals surface area contributed by atoms with Crippen LogP contribution in [0.1, 0.15) is 41.7 Å². The van der Waals surface area contributed by atoms with E-state index < -0.39 is 0 Å². The average molecular weight is 256 g/mol. The van der Waals surface area contributed by atoms with Gasteiger partial charge in [-0.05, 0) is 61.0 Å². The second-order valence-corrected chi connectivity index (χ2v) is 7.27. The van der Waals surface area contributed by atoms with Crippen LogP contribution in [-0.4, -0.2) is 0 Å². The Morgan fingerprint density at radius 3 is 2.67 bits per heavy atom. The fourth-order valence-electron chi connectivity index (χ4n) is 4.07. The minimum Gasteiger partial charge on any atom is -0.140 e. The normalized spacial score (nSPS) is 26.9. The molecule has 0 saturated heterocycles. The lowest BCUT2D eigenvalue weighted by Gasteiger charge is -2.35. The molecule has 2 unspecified atom stereocenters. The molecule has 1 aromatic heterocycles. The second-order valence-electron chi connectivity index (χ2n) is 6.17. The molecular weight excluding hydrogens is 236 g/mol. The fourth-order valence-corrected chi connectivity index (χ4v) is 5.46. The van der Waals surface area contributed by atoms with Gasteiger partial charge in [-0.1, -0.05) is 31.0 Å². The van der Waals surface area contributed by atoms with Crippen LogP contribution in [0.15, 0.2) is 18.2 Å². The van der Waals surface area contributed by atoms with E-state index in [2.05, 4.69) is 36.5 Å². The van der Waals surface area contributed by atoms with Crippen LogP contribution in [-0.2, 0) is 12.8 Å². The van der Waals surface area contributed by atoms with Crippen LogP contribution in [0.2, 0.25) is 0 Å². The Morgan fingerprint density at radius 2 is 1.83 bits per heavy atom. The zero-order valence-electron chi connectivity index (χ0n) is 11.0. The Morgan fingerprint density at radius 1 is 1.06 bits per heavy atom. The summed E-state index contributed by atoms with van der Waals surface area (Å²) < 4.78 is 1.56. The van der Waals surface area contributed by atoms with Crippen LogP contribution in [0.25, 0.3) is 10.1 Å². The monoisotopic (exact) mass is 256 g/mol. The van der Waals surface area contributed by atoms with Gasteiger partial charge in [-0.25, -0.2) is 0 Å². The van der Waals surface area contributed by atoms with E-state index in [1.165, 1.54) is 44.1 Å². The second kappa shape index (κ2) is 4.09. The van der Waals surface area contributed by atoms with Gasteiger partial charge in [0, 0.05) is 9.58 Å². The minimum absolute atomic E-state index is 0.990. The van der Waals surface area contributed by atoms with Gasteiger partial charge >= 0.3 is 0 Å². The zero-order chi connectivity index (χ0) is 12.1. The maximum Gasteiger partial charge on any atom is 0.0377 e. The van der Waals surface area contributed by atoms with Gasteiger partial charge in [0.25, 0.3) is 0 Å². The third-order valence-electron chi connectivity index (χ3n) is 5.08. The smallest absolute Gasteiger partial charge is 0.0377 e. The Kier molecular flexibility index (Phi) is 2.51. The molecular formula is C17H20S. The van der Waals surface area contributed by atoms with Gasteiger partial charge in [0.15, 0.2) is 0 Å². The number of hydrogen-bond donors (Lipinski definition) is 0. The molecule has 0 aliphatic heterocycles. The highest BCUT2D eigenvalue weighted by Crippen LogP contribution is 2.45. The molecule has 0 nitrogen and oxygen atoms in total. The Labute approximate surface area is 113 Å². The Bertz CT molecular complexity index is 593. The summed E-state index contributed by atoms with van der Waals surface area (Å²) in [4.78, 5) is 1.71. The van der Waals surface area contributed by atoms with Crippen LogP contribution in [0.5, 0.6) is 0 Å². The summed E-state index contributed by atoms with van der Waals surface area (Å²) in [7, 11) is 0. The molecule has 2 aliphatic rings. The summed E-state index contributed by atoms with van der Waals surface area (Å²) in [6, 6.07) is 6.84. The van der Waals surface area contributed by atoms with E-state index >= 15 is 0 Å². The van der Waals surface area contributed by atoms with Gasteiger partial charge in [-0.15, -0.1) is 11.3 Å². The number of hydrogen-bond acceptors (Lipinski definition) is 1. The molecule has 0 bridgehead atoms. The first kappa shape index (κ1) is 11.0. The lowest BCUT2D eigenvalue weighted by molar-refractivity contribution is 0.223. The number of rotatable bonds is 0. The molecule has 2 aromatic rings. The van der Waals surface area contributed by atoms with Crippen molar-refractivity contribution in [2.45, 2.75) is 45.4 Å². The van der Waals surface area contributed by atoms with E-state index in [0.717, 1.165) is 11.8 Å². The van der Waals surface area contributed by atoms with Crippen molar-refractivity contribution in [1.82, 2.24) is 0 Å². The molecule has 1 fully saturated rings. The Hall–Kier alpha value is -0.820. The van der Waals surface area contributed by atoms with Crippen LogP contribution in [0, 0.1) is 18.8 Å². The van der Waals surface area contributed by atoms with Gasteiger partial charge < -0.3 is 0 Å². The van der Waals surface area contributed by atoms with Gasteiger partial charge in [0.05, 0.1) is 0 Å².